The molecule has 2 aromatic carbocycles. The van der Waals surface area contributed by atoms with Gasteiger partial charge in [-0.05, 0) is 18.2 Å². The fraction of sp³-hybridized carbons (Fsp3) is 0.133. The number of nitrogens with zero attached hydrogens (tertiary/aromatic N) is 1. The van der Waals surface area contributed by atoms with Gasteiger partial charge >= 0.3 is 0 Å². The molecule has 0 amide bonds. The number of aromatic nitrogens is 1. The molecular weight excluding hydrogens is 256 g/mol. The van der Waals surface area contributed by atoms with Crippen molar-refractivity contribution in [3.05, 3.63) is 54.1 Å². The molecule has 3 aromatic rings. The average Bonchev–Trinajstić information content (AvgIpc) is 2.83. The van der Waals surface area contributed by atoms with E-state index >= 15 is 0 Å². The van der Waals surface area contributed by atoms with E-state index in [1.54, 1.807) is 18.4 Å². The summed E-state index contributed by atoms with van der Waals surface area (Å²) in [5.74, 6) is 0. The van der Waals surface area contributed by atoms with Gasteiger partial charge in [0.15, 0.2) is 5.13 Å². The number of hydrogen-bond acceptors (Lipinski definition) is 4. The molecule has 0 radical (unpaired) electrons. The highest BCUT2D eigenvalue weighted by Gasteiger charge is 2.06. The molecule has 19 heavy (non-hydrogen) atoms. The van der Waals surface area contributed by atoms with Gasteiger partial charge in [-0.25, -0.2) is 4.98 Å². The van der Waals surface area contributed by atoms with Crippen LogP contribution in [0.3, 0.4) is 0 Å². The van der Waals surface area contributed by atoms with Gasteiger partial charge in [0.1, 0.15) is 0 Å². The van der Waals surface area contributed by atoms with Gasteiger partial charge in [-0.1, -0.05) is 41.7 Å². The molecule has 0 aliphatic heterocycles. The van der Waals surface area contributed by atoms with Crippen LogP contribution in [0.4, 0.5) is 10.8 Å². The van der Waals surface area contributed by atoms with E-state index in [-0.39, 0.29) is 0 Å². The van der Waals surface area contributed by atoms with Crippen molar-refractivity contribution in [1.29, 1.82) is 0 Å². The first-order chi connectivity index (χ1) is 9.36. The Morgan fingerprint density at radius 3 is 2.74 bits per heavy atom. The Bertz CT molecular complexity index is 660. The van der Waals surface area contributed by atoms with E-state index in [1.165, 1.54) is 4.70 Å². The average molecular weight is 270 g/mol. The Labute approximate surface area is 115 Å². The number of fused-ring (bicyclic) bond motifs is 1. The van der Waals surface area contributed by atoms with Crippen molar-refractivity contribution in [3.8, 4) is 0 Å². The fourth-order valence-corrected chi connectivity index (χ4v) is 2.84. The minimum absolute atomic E-state index is 0.591. The number of nitrogens with one attached hydrogen (secondary N) is 1. The number of para-hydroxylation sites is 2. The van der Waals surface area contributed by atoms with Crippen LogP contribution in [0.5, 0.6) is 0 Å². The number of rotatable bonds is 4. The molecule has 1 N–H and O–H groups in total. The zero-order chi connectivity index (χ0) is 13.1. The Morgan fingerprint density at radius 2 is 1.89 bits per heavy atom. The van der Waals surface area contributed by atoms with Gasteiger partial charge in [0.2, 0.25) is 0 Å². The number of benzene rings is 2. The van der Waals surface area contributed by atoms with E-state index in [9.17, 15) is 0 Å². The minimum Gasteiger partial charge on any atom is -0.380 e. The molecule has 96 valence electrons. The highest BCUT2D eigenvalue weighted by atomic mass is 32.1. The first-order valence-corrected chi connectivity index (χ1v) is 6.88. The van der Waals surface area contributed by atoms with Crippen molar-refractivity contribution >= 4 is 32.4 Å². The molecule has 3 rings (SSSR count). The molecule has 0 unspecified atom stereocenters. The van der Waals surface area contributed by atoms with Crippen LogP contribution >= 0.6 is 11.3 Å². The second kappa shape index (κ2) is 5.38. The Morgan fingerprint density at radius 1 is 1.11 bits per heavy atom. The van der Waals surface area contributed by atoms with Crippen molar-refractivity contribution < 1.29 is 4.74 Å². The van der Waals surface area contributed by atoms with Gasteiger partial charge in [-0.2, -0.15) is 0 Å². The summed E-state index contributed by atoms with van der Waals surface area (Å²) in [6, 6.07) is 16.3. The quantitative estimate of drug-likeness (QED) is 0.772. The van der Waals surface area contributed by atoms with E-state index in [0.29, 0.717) is 6.61 Å². The highest BCUT2D eigenvalue weighted by molar-refractivity contribution is 7.22. The molecule has 0 saturated heterocycles. The number of anilines is 2. The lowest BCUT2D eigenvalue weighted by Gasteiger charge is -2.08. The minimum atomic E-state index is 0.591. The van der Waals surface area contributed by atoms with Gasteiger partial charge in [0.05, 0.1) is 16.8 Å². The Balaban J connectivity index is 1.92. The maximum Gasteiger partial charge on any atom is 0.188 e. The smallest absolute Gasteiger partial charge is 0.188 e. The van der Waals surface area contributed by atoms with Crippen LogP contribution in [-0.4, -0.2) is 12.1 Å². The molecule has 0 atom stereocenters. The van der Waals surface area contributed by atoms with E-state index in [0.717, 1.165) is 21.9 Å². The third-order valence-electron chi connectivity index (χ3n) is 2.85. The Hall–Kier alpha value is -1.91. The predicted molar refractivity (Wildman–Crippen MR) is 80.1 cm³/mol. The normalized spacial score (nSPS) is 10.8. The molecule has 0 spiro atoms. The van der Waals surface area contributed by atoms with Crippen LogP contribution in [0.1, 0.15) is 5.56 Å². The van der Waals surface area contributed by atoms with Crippen LogP contribution in [0.25, 0.3) is 10.2 Å². The van der Waals surface area contributed by atoms with Crippen LogP contribution in [-0.2, 0) is 11.3 Å². The van der Waals surface area contributed by atoms with Gasteiger partial charge in [0.25, 0.3) is 0 Å². The molecule has 0 aliphatic carbocycles. The lowest BCUT2D eigenvalue weighted by Crippen LogP contribution is -1.96. The summed E-state index contributed by atoms with van der Waals surface area (Å²) in [6.45, 7) is 0.591. The van der Waals surface area contributed by atoms with Gasteiger partial charge in [-0.15, -0.1) is 0 Å². The zero-order valence-corrected chi connectivity index (χ0v) is 11.4. The molecule has 4 heteroatoms. The second-order valence-corrected chi connectivity index (χ2v) is 5.23. The molecule has 1 heterocycles. The van der Waals surface area contributed by atoms with E-state index in [4.69, 9.17) is 4.74 Å². The predicted octanol–water partition coefficient (Wildman–Crippen LogP) is 4.19. The van der Waals surface area contributed by atoms with Crippen LogP contribution in [0.15, 0.2) is 48.5 Å². The van der Waals surface area contributed by atoms with Gasteiger partial charge < -0.3 is 10.1 Å². The lowest BCUT2D eigenvalue weighted by molar-refractivity contribution is 0.185. The van der Waals surface area contributed by atoms with E-state index in [1.807, 2.05) is 36.4 Å². The summed E-state index contributed by atoms with van der Waals surface area (Å²) >= 11 is 1.66. The monoisotopic (exact) mass is 270 g/mol. The molecule has 0 aliphatic rings. The largest absolute Gasteiger partial charge is 0.380 e. The third kappa shape index (κ3) is 2.59. The highest BCUT2D eigenvalue weighted by Crippen LogP contribution is 2.29. The molecule has 0 saturated carbocycles. The maximum absolute atomic E-state index is 5.21. The summed E-state index contributed by atoms with van der Waals surface area (Å²) in [7, 11) is 1.70. The van der Waals surface area contributed by atoms with E-state index in [2.05, 4.69) is 22.4 Å². The summed E-state index contributed by atoms with van der Waals surface area (Å²) in [4.78, 5) is 4.58. The molecule has 3 nitrogen and oxygen atoms in total. The van der Waals surface area contributed by atoms with Crippen molar-refractivity contribution in [2.75, 3.05) is 12.4 Å². The number of hydrogen-bond donors (Lipinski definition) is 1. The maximum atomic E-state index is 5.21. The van der Waals surface area contributed by atoms with Gasteiger partial charge in [0, 0.05) is 18.4 Å². The zero-order valence-electron chi connectivity index (χ0n) is 10.6. The number of ether oxygens (including phenoxy) is 1. The van der Waals surface area contributed by atoms with Crippen molar-refractivity contribution in [3.63, 3.8) is 0 Å². The fourth-order valence-electron chi connectivity index (χ4n) is 1.96. The van der Waals surface area contributed by atoms with Gasteiger partial charge in [-0.3, -0.25) is 0 Å². The van der Waals surface area contributed by atoms with Crippen LogP contribution in [0, 0.1) is 0 Å². The van der Waals surface area contributed by atoms with E-state index < -0.39 is 0 Å². The molecule has 0 bridgehead atoms. The third-order valence-corrected chi connectivity index (χ3v) is 3.80. The van der Waals surface area contributed by atoms with Crippen molar-refractivity contribution in [2.45, 2.75) is 6.61 Å². The topological polar surface area (TPSA) is 34.1 Å². The molecule has 1 aromatic heterocycles. The van der Waals surface area contributed by atoms with Crippen molar-refractivity contribution in [1.82, 2.24) is 4.98 Å². The second-order valence-electron chi connectivity index (χ2n) is 4.20. The summed E-state index contributed by atoms with van der Waals surface area (Å²) < 4.78 is 6.40. The lowest BCUT2D eigenvalue weighted by atomic mass is 10.2. The molecule has 0 fully saturated rings. The summed E-state index contributed by atoms with van der Waals surface area (Å²) in [6.07, 6.45) is 0. The first kappa shape index (κ1) is 12.1. The molecular formula is C15H14N2OS. The SMILES string of the molecule is COCc1ccccc1Nc1nc2ccccc2s1. The number of thiazole rings is 1. The first-order valence-electron chi connectivity index (χ1n) is 6.06. The Kier molecular flexibility index (Phi) is 3.44. The summed E-state index contributed by atoms with van der Waals surface area (Å²) in [5, 5.41) is 4.28. The van der Waals surface area contributed by atoms with Crippen LogP contribution < -0.4 is 5.32 Å². The standard InChI is InChI=1S/C15H14N2OS/c1-18-10-11-6-2-3-7-12(11)16-15-17-13-8-4-5-9-14(13)19-15/h2-9H,10H2,1H3,(H,16,17). The van der Waals surface area contributed by atoms with Crippen LogP contribution in [0.2, 0.25) is 0 Å². The number of methoxy groups -OCH3 is 1. The summed E-state index contributed by atoms with van der Waals surface area (Å²) in [5.41, 5.74) is 3.20. The van der Waals surface area contributed by atoms with Crippen molar-refractivity contribution in [2.24, 2.45) is 0 Å².